The maximum Gasteiger partial charge on any atom is 0.345 e. The van der Waals surface area contributed by atoms with Crippen LogP contribution in [0.4, 0.5) is 0 Å². The van der Waals surface area contributed by atoms with E-state index in [-0.39, 0.29) is 11.1 Å². The number of aromatic nitrogens is 3. The molecule has 182 valence electrons. The standard InChI is InChI=1S/C31H37N3O/c1-22-10-15-27(20-23(22)2)26-16-11-24(12-17-26)8-7-9-29-32-34(30(35)33(29)6)21-25-13-18-28(19-14-25)31(3,4)5/h10-20H,7-9,21H2,1-6H3. The maximum atomic E-state index is 12.7. The molecule has 35 heavy (non-hydrogen) atoms. The number of hydrogen-bond acceptors (Lipinski definition) is 2. The van der Waals surface area contributed by atoms with E-state index in [1.807, 2.05) is 7.05 Å². The van der Waals surface area contributed by atoms with Gasteiger partial charge in [0.15, 0.2) is 0 Å². The van der Waals surface area contributed by atoms with Crippen LogP contribution in [0.1, 0.15) is 60.8 Å². The largest absolute Gasteiger partial charge is 0.345 e. The van der Waals surface area contributed by atoms with E-state index in [0.29, 0.717) is 6.54 Å². The molecule has 4 nitrogen and oxygen atoms in total. The van der Waals surface area contributed by atoms with Gasteiger partial charge in [0, 0.05) is 13.5 Å². The molecule has 0 N–H and O–H groups in total. The van der Waals surface area contributed by atoms with Crippen molar-refractivity contribution in [2.24, 2.45) is 7.05 Å². The Labute approximate surface area is 209 Å². The van der Waals surface area contributed by atoms with Crippen LogP contribution in [-0.2, 0) is 31.8 Å². The lowest BCUT2D eigenvalue weighted by atomic mass is 9.87. The molecule has 0 spiro atoms. The molecule has 0 unspecified atom stereocenters. The molecule has 0 aliphatic heterocycles. The molecule has 0 amide bonds. The first kappa shape index (κ1) is 24.7. The van der Waals surface area contributed by atoms with Gasteiger partial charge in [-0.2, -0.15) is 5.10 Å². The molecule has 4 rings (SSSR count). The van der Waals surface area contributed by atoms with Gasteiger partial charge >= 0.3 is 5.69 Å². The highest BCUT2D eigenvalue weighted by Gasteiger charge is 2.14. The van der Waals surface area contributed by atoms with Gasteiger partial charge in [-0.3, -0.25) is 4.57 Å². The van der Waals surface area contributed by atoms with E-state index in [4.69, 9.17) is 0 Å². The first-order valence-corrected chi connectivity index (χ1v) is 12.5. The van der Waals surface area contributed by atoms with Gasteiger partial charge in [-0.15, -0.1) is 0 Å². The van der Waals surface area contributed by atoms with E-state index in [9.17, 15) is 4.79 Å². The zero-order valence-electron chi connectivity index (χ0n) is 21.9. The maximum absolute atomic E-state index is 12.7. The summed E-state index contributed by atoms with van der Waals surface area (Å²) in [6.45, 7) is 11.4. The number of rotatable bonds is 7. The van der Waals surface area contributed by atoms with Crippen molar-refractivity contribution >= 4 is 0 Å². The third-order valence-corrected chi connectivity index (χ3v) is 6.94. The van der Waals surface area contributed by atoms with Crippen molar-refractivity contribution in [1.82, 2.24) is 14.3 Å². The summed E-state index contributed by atoms with van der Waals surface area (Å²) >= 11 is 0. The van der Waals surface area contributed by atoms with Gasteiger partial charge in [0.05, 0.1) is 6.54 Å². The molecule has 0 aliphatic rings. The van der Waals surface area contributed by atoms with Gasteiger partial charge in [-0.05, 0) is 71.0 Å². The van der Waals surface area contributed by atoms with Crippen LogP contribution < -0.4 is 5.69 Å². The van der Waals surface area contributed by atoms with E-state index in [2.05, 4.69) is 106 Å². The molecule has 3 aromatic carbocycles. The van der Waals surface area contributed by atoms with Crippen LogP contribution in [0.25, 0.3) is 11.1 Å². The quantitative estimate of drug-likeness (QED) is 0.316. The lowest BCUT2D eigenvalue weighted by Gasteiger charge is -2.19. The molecule has 0 radical (unpaired) electrons. The molecule has 0 atom stereocenters. The van der Waals surface area contributed by atoms with Crippen molar-refractivity contribution in [3.8, 4) is 11.1 Å². The second-order valence-electron chi connectivity index (χ2n) is 10.7. The third kappa shape index (κ3) is 5.82. The van der Waals surface area contributed by atoms with Crippen LogP contribution in [0, 0.1) is 13.8 Å². The highest BCUT2D eigenvalue weighted by molar-refractivity contribution is 5.65. The Morgan fingerprint density at radius 1 is 0.771 bits per heavy atom. The molecule has 0 saturated heterocycles. The second-order valence-corrected chi connectivity index (χ2v) is 10.7. The Morgan fingerprint density at radius 2 is 1.40 bits per heavy atom. The number of benzene rings is 3. The summed E-state index contributed by atoms with van der Waals surface area (Å²) in [5.41, 5.74) is 8.89. The molecule has 0 fully saturated rings. The normalized spacial score (nSPS) is 11.7. The molecular weight excluding hydrogens is 430 g/mol. The Hall–Kier alpha value is -3.40. The van der Waals surface area contributed by atoms with Gasteiger partial charge in [0.1, 0.15) is 5.82 Å². The van der Waals surface area contributed by atoms with Crippen LogP contribution in [-0.4, -0.2) is 14.3 Å². The van der Waals surface area contributed by atoms with Crippen molar-refractivity contribution in [1.29, 1.82) is 0 Å². The zero-order valence-corrected chi connectivity index (χ0v) is 21.9. The summed E-state index contributed by atoms with van der Waals surface area (Å²) in [6.07, 6.45) is 2.69. The van der Waals surface area contributed by atoms with Crippen molar-refractivity contribution in [3.05, 3.63) is 111 Å². The average Bonchev–Trinajstić information content (AvgIpc) is 3.09. The highest BCUT2D eigenvalue weighted by Crippen LogP contribution is 2.24. The number of hydrogen-bond donors (Lipinski definition) is 0. The molecule has 0 aliphatic carbocycles. The van der Waals surface area contributed by atoms with E-state index in [1.165, 1.54) is 33.4 Å². The van der Waals surface area contributed by atoms with E-state index in [1.54, 1.807) is 9.25 Å². The first-order valence-electron chi connectivity index (χ1n) is 12.5. The minimum absolute atomic E-state index is 0.0577. The number of nitrogens with zero attached hydrogens (tertiary/aromatic N) is 3. The fraction of sp³-hybridized carbons (Fsp3) is 0.355. The van der Waals surface area contributed by atoms with E-state index >= 15 is 0 Å². The van der Waals surface area contributed by atoms with Gasteiger partial charge in [-0.25, -0.2) is 9.48 Å². The van der Waals surface area contributed by atoms with Gasteiger partial charge in [0.2, 0.25) is 0 Å². The van der Waals surface area contributed by atoms with Crippen molar-refractivity contribution < 1.29 is 0 Å². The van der Waals surface area contributed by atoms with Gasteiger partial charge in [-0.1, -0.05) is 87.5 Å². The molecular formula is C31H37N3O. The van der Waals surface area contributed by atoms with E-state index < -0.39 is 0 Å². The molecule has 4 aromatic rings. The molecule has 4 heteroatoms. The third-order valence-electron chi connectivity index (χ3n) is 6.94. The minimum atomic E-state index is -0.0577. The van der Waals surface area contributed by atoms with Crippen molar-refractivity contribution in [3.63, 3.8) is 0 Å². The summed E-state index contributed by atoms with van der Waals surface area (Å²) in [7, 11) is 1.82. The van der Waals surface area contributed by atoms with Crippen molar-refractivity contribution in [2.45, 2.75) is 65.8 Å². The minimum Gasteiger partial charge on any atom is -0.282 e. The van der Waals surface area contributed by atoms with Crippen LogP contribution in [0.2, 0.25) is 0 Å². The summed E-state index contributed by atoms with van der Waals surface area (Å²) < 4.78 is 3.27. The fourth-order valence-corrected chi connectivity index (χ4v) is 4.37. The average molecular weight is 468 g/mol. The molecule has 1 heterocycles. The predicted octanol–water partition coefficient (Wildman–Crippen LogP) is 6.39. The van der Waals surface area contributed by atoms with Crippen LogP contribution >= 0.6 is 0 Å². The Bertz CT molecular complexity index is 1350. The Kier molecular flexibility index (Phi) is 7.11. The van der Waals surface area contributed by atoms with Gasteiger partial charge < -0.3 is 0 Å². The van der Waals surface area contributed by atoms with Crippen LogP contribution in [0.5, 0.6) is 0 Å². The fourth-order valence-electron chi connectivity index (χ4n) is 4.37. The number of aryl methyl sites for hydroxylation is 4. The lowest BCUT2D eigenvalue weighted by Crippen LogP contribution is -2.24. The summed E-state index contributed by atoms with van der Waals surface area (Å²) in [5.74, 6) is 0.841. The molecule has 0 saturated carbocycles. The van der Waals surface area contributed by atoms with Crippen molar-refractivity contribution in [2.75, 3.05) is 0 Å². The SMILES string of the molecule is Cc1ccc(-c2ccc(CCCc3nn(Cc4ccc(C(C)(C)C)cc4)c(=O)n3C)cc2)cc1C. The molecule has 1 aromatic heterocycles. The Balaban J connectivity index is 1.37. The van der Waals surface area contributed by atoms with Gasteiger partial charge in [0.25, 0.3) is 0 Å². The first-order chi connectivity index (χ1) is 16.6. The second kappa shape index (κ2) is 10.1. The summed E-state index contributed by atoms with van der Waals surface area (Å²) in [4.78, 5) is 12.7. The smallest absolute Gasteiger partial charge is 0.282 e. The molecule has 0 bridgehead atoms. The zero-order chi connectivity index (χ0) is 25.2. The highest BCUT2D eigenvalue weighted by atomic mass is 16.2. The Morgan fingerprint density at radius 3 is 2.03 bits per heavy atom. The van der Waals surface area contributed by atoms with Crippen LogP contribution in [0.15, 0.2) is 71.5 Å². The predicted molar refractivity (Wildman–Crippen MR) is 145 cm³/mol. The van der Waals surface area contributed by atoms with Crippen LogP contribution in [0.3, 0.4) is 0 Å². The topological polar surface area (TPSA) is 39.8 Å². The van der Waals surface area contributed by atoms with E-state index in [0.717, 1.165) is 30.7 Å². The lowest BCUT2D eigenvalue weighted by molar-refractivity contribution is 0.589. The monoisotopic (exact) mass is 467 g/mol. The summed E-state index contributed by atoms with van der Waals surface area (Å²) in [5, 5.41) is 4.64. The summed E-state index contributed by atoms with van der Waals surface area (Å²) in [6, 6.07) is 23.9.